The molecule has 0 saturated carbocycles. The summed E-state index contributed by atoms with van der Waals surface area (Å²) >= 11 is 1.70. The minimum Gasteiger partial charge on any atom is -0.512 e. The van der Waals surface area contributed by atoms with Gasteiger partial charge in [-0.15, -0.1) is 29.3 Å². The molecule has 3 nitrogen and oxygen atoms in total. The Morgan fingerprint density at radius 2 is 1.57 bits per heavy atom. The predicted molar refractivity (Wildman–Crippen MR) is 229 cm³/mol. The van der Waals surface area contributed by atoms with Crippen molar-refractivity contribution in [2.24, 2.45) is 22.2 Å². The number of hydrogen-bond acceptors (Lipinski definition) is 4. The number of ketones is 1. The van der Waals surface area contributed by atoms with Gasteiger partial charge in [-0.3, -0.25) is 9.78 Å². The SMILES string of the molecule is CCC(CC)C(=O)/C=C(\O)C(CC)(CC)CC.[2H]c1nc2c3c(cc4c(CC(C)(C)C)cccc4c3c1[2H])Sc1c-2[c-]c2cc(C([2H])([2H])[2H])ccc2c1CC(C)(C)C.[Ir]. The number of rotatable bonds is 10. The van der Waals surface area contributed by atoms with Crippen LogP contribution in [0.1, 0.15) is 132 Å². The average molecular weight is 926 g/mol. The van der Waals surface area contributed by atoms with Gasteiger partial charge in [0.1, 0.15) is 5.76 Å². The maximum absolute atomic E-state index is 12.0. The second-order valence-electron chi connectivity index (χ2n) is 17.3. The number of hydrogen-bond donors (Lipinski definition) is 1. The Morgan fingerprint density at radius 1 is 0.907 bits per heavy atom. The molecule has 0 unspecified atom stereocenters. The minimum atomic E-state index is -2.22. The van der Waals surface area contributed by atoms with Gasteiger partial charge in [-0.05, 0) is 107 Å². The fourth-order valence-electron chi connectivity index (χ4n) is 7.87. The molecule has 1 radical (unpaired) electrons. The number of nitrogens with zero attached hydrogens (tertiary/aromatic N) is 1. The van der Waals surface area contributed by atoms with Crippen LogP contribution in [0.4, 0.5) is 0 Å². The van der Waals surface area contributed by atoms with E-state index in [1.54, 1.807) is 23.9 Å². The first-order valence-corrected chi connectivity index (χ1v) is 20.4. The average Bonchev–Trinajstić information content (AvgIpc) is 3.13. The van der Waals surface area contributed by atoms with Crippen LogP contribution < -0.4 is 0 Å². The Kier molecular flexibility index (Phi) is 11.8. The van der Waals surface area contributed by atoms with E-state index in [2.05, 4.69) is 92.6 Å². The van der Waals surface area contributed by atoms with Gasteiger partial charge in [-0.1, -0.05) is 129 Å². The van der Waals surface area contributed by atoms with Crippen LogP contribution in [0.2, 0.25) is 0 Å². The van der Waals surface area contributed by atoms with Gasteiger partial charge in [0.2, 0.25) is 0 Å². The number of aliphatic hydroxyl groups excluding tert-OH is 1. The number of aliphatic hydroxyl groups is 1. The summed E-state index contributed by atoms with van der Waals surface area (Å²) in [6, 6.07) is 17.6. The molecule has 6 rings (SSSR count). The molecule has 0 atom stereocenters. The Morgan fingerprint density at radius 3 is 2.17 bits per heavy atom. The summed E-state index contributed by atoms with van der Waals surface area (Å²) in [5, 5.41) is 15.7. The van der Waals surface area contributed by atoms with E-state index in [1.807, 2.05) is 19.9 Å². The first kappa shape index (κ1) is 36.6. The number of aromatic nitrogens is 1. The number of fused-ring (bicyclic) bond motifs is 5. The molecular weight excluding hydrogens is 859 g/mol. The topological polar surface area (TPSA) is 50.2 Å². The fourth-order valence-corrected chi connectivity index (χ4v) is 9.12. The van der Waals surface area contributed by atoms with Gasteiger partial charge in [-0.2, -0.15) is 0 Å². The van der Waals surface area contributed by atoms with E-state index in [0.29, 0.717) is 5.69 Å². The van der Waals surface area contributed by atoms with Crippen molar-refractivity contribution in [1.82, 2.24) is 4.98 Å². The number of pyridine rings is 1. The van der Waals surface area contributed by atoms with Gasteiger partial charge in [0, 0.05) is 58.4 Å². The number of allylic oxidation sites excluding steroid dienone is 2. The van der Waals surface area contributed by atoms with Crippen molar-refractivity contribution in [1.29, 1.82) is 0 Å². The van der Waals surface area contributed by atoms with Crippen LogP contribution in [-0.4, -0.2) is 15.9 Å². The minimum absolute atomic E-state index is 0. The van der Waals surface area contributed by atoms with Crippen LogP contribution in [0.25, 0.3) is 43.6 Å². The Bertz CT molecular complexity index is 2370. The molecule has 0 fully saturated rings. The van der Waals surface area contributed by atoms with E-state index in [9.17, 15) is 9.90 Å². The van der Waals surface area contributed by atoms with Gasteiger partial charge in [-0.25, -0.2) is 0 Å². The Balaban J connectivity index is 0.000000364. The zero-order valence-electron chi connectivity index (χ0n) is 39.2. The van der Waals surface area contributed by atoms with E-state index in [4.69, 9.17) is 11.8 Å². The number of aryl methyl sites for hydroxylation is 1. The van der Waals surface area contributed by atoms with Crippen molar-refractivity contribution in [2.75, 3.05) is 0 Å². The fraction of sp³-hybridized carbons (Fsp3) is 0.469. The van der Waals surface area contributed by atoms with E-state index < -0.39 is 6.85 Å². The van der Waals surface area contributed by atoms with Crippen molar-refractivity contribution in [3.63, 3.8) is 0 Å². The summed E-state index contributed by atoms with van der Waals surface area (Å²) in [5.41, 5.74) is 3.98. The van der Waals surface area contributed by atoms with E-state index in [0.717, 1.165) is 98.2 Å². The molecule has 291 valence electrons. The monoisotopic (exact) mass is 926 g/mol. The van der Waals surface area contributed by atoms with E-state index in [1.165, 1.54) is 11.6 Å². The molecule has 1 aromatic heterocycles. The molecular formula is C49H62IrNO2S-. The molecule has 0 spiro atoms. The van der Waals surface area contributed by atoms with E-state index >= 15 is 0 Å². The summed E-state index contributed by atoms with van der Waals surface area (Å²) in [6.45, 7) is 21.3. The van der Waals surface area contributed by atoms with Crippen LogP contribution in [-0.2, 0) is 37.7 Å². The third-order valence-electron chi connectivity index (χ3n) is 11.0. The maximum atomic E-state index is 12.0. The predicted octanol–water partition coefficient (Wildman–Crippen LogP) is 14.6. The Hall–Kier alpha value is -2.98. The second-order valence-corrected chi connectivity index (χ2v) is 18.3. The number of carbonyl (C=O) groups is 1. The summed E-state index contributed by atoms with van der Waals surface area (Å²) in [4.78, 5) is 18.8. The zero-order chi connectivity index (χ0) is 43.1. The molecule has 1 N–H and O–H groups in total. The van der Waals surface area contributed by atoms with Crippen molar-refractivity contribution >= 4 is 49.9 Å². The quantitative estimate of drug-likeness (QED) is 0.0644. The molecule has 2 heterocycles. The number of benzene rings is 4. The summed E-state index contributed by atoms with van der Waals surface area (Å²) in [6.07, 6.45) is 7.41. The molecule has 4 aromatic carbocycles. The summed E-state index contributed by atoms with van der Waals surface area (Å²) in [5.74, 6) is 0.412. The molecule has 0 bridgehead atoms. The van der Waals surface area contributed by atoms with Crippen LogP contribution in [0, 0.1) is 35.1 Å². The first-order valence-electron chi connectivity index (χ1n) is 22.0. The van der Waals surface area contributed by atoms with E-state index in [-0.39, 0.29) is 71.6 Å². The molecule has 5 aromatic rings. The molecule has 0 saturated heterocycles. The standard InChI is InChI=1S/C34H34NS.C15H28O2.Ir/c1-20-11-12-23-22(15-20)16-27-31-30-25(13-14-35-31)24-10-8-9-21(18-33(2,3)4)26(24)17-29(30)36-32(27)28(23)19-34(5,6)7;1-6-12(7-2)13(16)11-14(17)15(8-3,9-4)10-5;/h8-15,17H,18-19H2,1-7H3;11-12,17H,6-10H2,1-5H3;/q-1;;/b;14-11-;/i1D3,13D,14D;;. The molecule has 54 heavy (non-hydrogen) atoms. The zero-order valence-corrected chi connectivity index (χ0v) is 37.4. The van der Waals surface area contributed by atoms with Gasteiger partial charge < -0.3 is 5.11 Å². The maximum Gasteiger partial charge on any atom is 0.162 e. The van der Waals surface area contributed by atoms with Crippen molar-refractivity contribution in [2.45, 2.75) is 138 Å². The van der Waals surface area contributed by atoms with Crippen LogP contribution >= 0.6 is 11.8 Å². The molecule has 5 heteroatoms. The van der Waals surface area contributed by atoms with Gasteiger partial charge in [0.25, 0.3) is 0 Å². The van der Waals surface area contributed by atoms with Gasteiger partial charge in [0.05, 0.1) is 2.74 Å². The first-order chi connectivity index (χ1) is 27.0. The van der Waals surface area contributed by atoms with Gasteiger partial charge >= 0.3 is 0 Å². The van der Waals surface area contributed by atoms with Crippen molar-refractivity contribution in [3.8, 4) is 11.3 Å². The third kappa shape index (κ3) is 9.17. The second kappa shape index (κ2) is 17.4. The normalized spacial score (nSPS) is 14.7. The summed E-state index contributed by atoms with van der Waals surface area (Å²) in [7, 11) is 0. The third-order valence-corrected chi connectivity index (χ3v) is 12.2. The van der Waals surface area contributed by atoms with Crippen LogP contribution in [0.3, 0.4) is 0 Å². The van der Waals surface area contributed by atoms with Gasteiger partial charge in [0.15, 0.2) is 5.78 Å². The van der Waals surface area contributed by atoms with Crippen molar-refractivity contribution < 1.29 is 36.9 Å². The van der Waals surface area contributed by atoms with Crippen LogP contribution in [0.15, 0.2) is 76.3 Å². The molecule has 0 amide bonds. The molecule has 0 aliphatic carbocycles. The smallest absolute Gasteiger partial charge is 0.162 e. The molecule has 1 aliphatic rings. The molecule has 1 aliphatic heterocycles. The van der Waals surface area contributed by atoms with Crippen LogP contribution in [0.5, 0.6) is 0 Å². The Labute approximate surface area is 350 Å². The number of carbonyl (C=O) groups excluding carboxylic acids is 1. The largest absolute Gasteiger partial charge is 0.512 e. The van der Waals surface area contributed by atoms with Crippen molar-refractivity contribution in [3.05, 3.63) is 89.3 Å². The summed E-state index contributed by atoms with van der Waals surface area (Å²) < 4.78 is 41.6.